The number of hydrogen-bond donors (Lipinski definition) is 0. The van der Waals surface area contributed by atoms with E-state index in [2.05, 4.69) is 432 Å². The number of para-hydroxylation sites is 6. The molecule has 9 aromatic heterocycles. The van der Waals surface area contributed by atoms with Crippen LogP contribution in [0.3, 0.4) is 0 Å². The van der Waals surface area contributed by atoms with Crippen LogP contribution < -0.4 is 0 Å². The Kier molecular flexibility index (Phi) is 19.2. The van der Waals surface area contributed by atoms with Gasteiger partial charge in [-0.25, -0.2) is 29.9 Å². The molecule has 12 heteroatoms. The molecule has 0 unspecified atom stereocenters. The Morgan fingerprint density at radius 3 is 0.800 bits per heavy atom. The highest BCUT2D eigenvalue weighted by molar-refractivity contribution is 7.28. The SMILES string of the molecule is [2H]c1c([2H])c([2H])c(-c2nc(-c3ccc(-n4c5ccccc5c5c6ccccc6c6sc7ccccc7c6c54)cc3)nc3ccccc23)c([2H])c1[2H].c1ccc(-c2ccc(-c3nc(-c4ccc(-n5c6ccccc6c6c7ccccc7c7sc8ccccc8c7c65)cc4)nc4ccccc34)cc2)cc1.c1ccc(-c2cccc(-c3nc(-c4ccc(-n5c6ccccc6c6c7ccccc7c7sc8ccccc8c7c65)cc4)nc4ccccc34)c2)cc1. The maximum Gasteiger partial charge on any atom is 0.160 e. The van der Waals surface area contributed by atoms with Crippen molar-refractivity contribution in [3.05, 3.63) is 503 Å². The summed E-state index contributed by atoms with van der Waals surface area (Å²) in [5, 5.41) is 25.6. The van der Waals surface area contributed by atoms with Crippen molar-refractivity contribution >= 4 is 225 Å². The summed E-state index contributed by atoms with van der Waals surface area (Å²) in [5.41, 5.74) is 24.7. The summed E-state index contributed by atoms with van der Waals surface area (Å²) < 4.78 is 57.1. The molecule has 32 aromatic rings. The van der Waals surface area contributed by atoms with Gasteiger partial charge in [-0.2, -0.15) is 0 Å². The van der Waals surface area contributed by atoms with Crippen molar-refractivity contribution in [2.24, 2.45) is 0 Å². The molecule has 0 aliphatic carbocycles. The first-order chi connectivity index (χ1) is 76.5. The predicted molar refractivity (Wildman–Crippen MR) is 636 cm³/mol. The van der Waals surface area contributed by atoms with E-state index in [-0.39, 0.29) is 17.6 Å². The first kappa shape index (κ1) is 81.2. The van der Waals surface area contributed by atoms with Crippen LogP contribution in [0, 0.1) is 0 Å². The third kappa shape index (κ3) is 14.1. The van der Waals surface area contributed by atoms with E-state index in [1.54, 1.807) is 0 Å². The Bertz CT molecular complexity index is 11400. The van der Waals surface area contributed by atoms with Crippen molar-refractivity contribution in [3.8, 4) is 107 Å². The molecule has 0 atom stereocenters. The van der Waals surface area contributed by atoms with Crippen LogP contribution >= 0.6 is 34.0 Å². The van der Waals surface area contributed by atoms with Crippen molar-refractivity contribution in [1.82, 2.24) is 43.6 Å². The predicted octanol–water partition coefficient (Wildman–Crippen LogP) is 38.1. The van der Waals surface area contributed by atoms with E-state index in [9.17, 15) is 0 Å². The molecule has 0 saturated heterocycles. The smallest absolute Gasteiger partial charge is 0.160 e. The first-order valence-electron chi connectivity index (χ1n) is 52.8. The van der Waals surface area contributed by atoms with Crippen LogP contribution in [0.2, 0.25) is 0 Å². The Labute approximate surface area is 879 Å². The minimum Gasteiger partial charge on any atom is -0.309 e. The van der Waals surface area contributed by atoms with E-state index in [1.165, 1.54) is 169 Å². The Balaban J connectivity index is 0.000000106. The molecule has 0 radical (unpaired) electrons. The molecule has 32 rings (SSSR count). The number of fused-ring (bicyclic) bond motifs is 33. The highest BCUT2D eigenvalue weighted by Crippen LogP contribution is 2.54. The van der Waals surface area contributed by atoms with Gasteiger partial charge in [-0.3, -0.25) is 0 Å². The molecule has 0 aliphatic rings. The van der Waals surface area contributed by atoms with Crippen LogP contribution in [0.4, 0.5) is 0 Å². The Morgan fingerprint density at radius 2 is 0.433 bits per heavy atom. The highest BCUT2D eigenvalue weighted by Gasteiger charge is 2.29. The van der Waals surface area contributed by atoms with E-state index in [1.807, 2.05) is 88.6 Å². The van der Waals surface area contributed by atoms with Crippen LogP contribution in [-0.2, 0) is 0 Å². The van der Waals surface area contributed by atoms with Gasteiger partial charge in [0.05, 0.1) is 73.6 Å². The second-order valence-electron chi connectivity index (χ2n) is 38.0. The molecule has 0 aliphatic heterocycles. The van der Waals surface area contributed by atoms with Gasteiger partial charge in [0.25, 0.3) is 0 Å². The van der Waals surface area contributed by atoms with Crippen LogP contribution in [-0.4, -0.2) is 43.6 Å². The molecular formula is C138H83N9S3. The zero-order chi connectivity index (χ0) is 103. The van der Waals surface area contributed by atoms with Gasteiger partial charge >= 0.3 is 0 Å². The number of nitrogens with zero attached hydrogens (tertiary/aromatic N) is 9. The van der Waals surface area contributed by atoms with Gasteiger partial charge in [0.15, 0.2) is 17.5 Å². The van der Waals surface area contributed by atoms with Crippen molar-refractivity contribution in [2.45, 2.75) is 0 Å². The lowest BCUT2D eigenvalue weighted by atomic mass is 9.99. The summed E-state index contributed by atoms with van der Waals surface area (Å²) in [6, 6.07) is 165. The lowest BCUT2D eigenvalue weighted by Gasteiger charge is -2.13. The molecule has 0 saturated carbocycles. The fraction of sp³-hybridized carbons (Fsp3) is 0. The molecule has 150 heavy (non-hydrogen) atoms. The summed E-state index contributed by atoms with van der Waals surface area (Å²) in [6.45, 7) is 0. The summed E-state index contributed by atoms with van der Waals surface area (Å²) >= 11 is 5.61. The largest absolute Gasteiger partial charge is 0.309 e. The van der Waals surface area contributed by atoms with E-state index in [0.717, 1.165) is 89.2 Å². The van der Waals surface area contributed by atoms with Gasteiger partial charge in [-0.15, -0.1) is 34.0 Å². The zero-order valence-electron chi connectivity index (χ0n) is 85.3. The second-order valence-corrected chi connectivity index (χ2v) is 41.2. The van der Waals surface area contributed by atoms with E-state index < -0.39 is 18.1 Å². The minimum absolute atomic E-state index is 0.0574. The molecule has 0 fully saturated rings. The monoisotopic (exact) mass is 1970 g/mol. The maximum absolute atomic E-state index is 8.67. The van der Waals surface area contributed by atoms with Crippen LogP contribution in [0.25, 0.3) is 298 Å². The normalized spacial score (nSPS) is 12.3. The van der Waals surface area contributed by atoms with Crippen LogP contribution in [0.1, 0.15) is 6.85 Å². The topological polar surface area (TPSA) is 92.1 Å². The average molecular weight is 1970 g/mol. The standard InChI is InChI=1S/2C48H29N3S.C42H25N3S/c1-2-13-30(14-3-1)32-15-12-16-33(29-32)45-37-19-6-9-22-40(37)49-48(50-45)31-25-27-34(28-26-31)51-41-23-10-7-20-38(41)43-35-17-4-5-18-36(35)47-44(46(43)51)39-21-8-11-24-42(39)52-47;1-2-12-30(13-3-1)31-22-24-32(25-23-31)45-37-16-6-9-19-40(37)49-48(50-45)33-26-28-34(29-27-33)51-41-20-10-7-17-38(41)43-35-14-4-5-15-36(35)47-44(46(43)51)39-18-8-11-21-42(39)52-47;1-2-12-26(13-3-1)39-31-16-6-9-19-34(31)43-42(44-39)27-22-24-28(25-23-27)45-35-20-10-7-17-32(35)37-29-14-4-5-15-30(29)41-38(40(37)45)33-18-8-11-21-36(33)46-41/h2*1-29H;1-25H/i;;1D,2D,3D,12D,13D. The minimum atomic E-state index is -0.436. The highest BCUT2D eigenvalue weighted by atomic mass is 32.1. The third-order valence-corrected chi connectivity index (χ3v) is 33.3. The fourth-order valence-electron chi connectivity index (χ4n) is 23.0. The van der Waals surface area contributed by atoms with Gasteiger partial charge in [-0.1, -0.05) is 370 Å². The van der Waals surface area contributed by atoms with Crippen LogP contribution in [0.5, 0.6) is 0 Å². The van der Waals surface area contributed by atoms with Crippen molar-refractivity contribution < 1.29 is 6.85 Å². The summed E-state index contributed by atoms with van der Waals surface area (Å²) in [7, 11) is 0. The van der Waals surface area contributed by atoms with E-state index in [4.69, 9.17) is 36.8 Å². The lowest BCUT2D eigenvalue weighted by molar-refractivity contribution is 1.18. The quantitative estimate of drug-likeness (QED) is 0.128. The molecule has 0 bridgehead atoms. The molecule has 0 N–H and O–H groups in total. The molecular weight excluding hydrogens is 1880 g/mol. The van der Waals surface area contributed by atoms with Crippen LogP contribution in [0.15, 0.2) is 503 Å². The lowest BCUT2D eigenvalue weighted by Crippen LogP contribution is -1.97. The summed E-state index contributed by atoms with van der Waals surface area (Å²) in [6.07, 6.45) is 0. The zero-order valence-corrected chi connectivity index (χ0v) is 82.7. The van der Waals surface area contributed by atoms with Gasteiger partial charge < -0.3 is 13.7 Å². The first-order valence-corrected chi connectivity index (χ1v) is 52.7. The van der Waals surface area contributed by atoms with Gasteiger partial charge in [0, 0.05) is 176 Å². The molecule has 698 valence electrons. The Hall–Kier alpha value is -19.1. The molecule has 23 aromatic carbocycles. The van der Waals surface area contributed by atoms with Crippen molar-refractivity contribution in [2.75, 3.05) is 0 Å². The third-order valence-electron chi connectivity index (χ3n) is 29.7. The number of hydrogen-bond acceptors (Lipinski definition) is 9. The fourth-order valence-corrected chi connectivity index (χ4v) is 26.7. The number of thiophene rings is 3. The van der Waals surface area contributed by atoms with Crippen molar-refractivity contribution in [1.29, 1.82) is 0 Å². The van der Waals surface area contributed by atoms with Crippen molar-refractivity contribution in [3.63, 3.8) is 0 Å². The molecule has 9 heterocycles. The number of benzene rings is 23. The molecule has 0 amide bonds. The van der Waals surface area contributed by atoms with E-state index in [0.29, 0.717) is 34.1 Å². The van der Waals surface area contributed by atoms with Gasteiger partial charge in [0.1, 0.15) is 0 Å². The van der Waals surface area contributed by atoms with E-state index >= 15 is 0 Å². The number of aromatic nitrogens is 9. The second kappa shape index (κ2) is 35.4. The molecule has 9 nitrogen and oxygen atoms in total. The molecule has 0 spiro atoms. The average Bonchev–Trinajstić information content (AvgIpc) is 1.54. The Morgan fingerprint density at radius 1 is 0.173 bits per heavy atom. The van der Waals surface area contributed by atoms with Gasteiger partial charge in [-0.05, 0) is 172 Å². The van der Waals surface area contributed by atoms with Gasteiger partial charge in [0.2, 0.25) is 0 Å². The number of rotatable bonds is 11. The summed E-state index contributed by atoms with van der Waals surface area (Å²) in [4.78, 5) is 30.4. The summed E-state index contributed by atoms with van der Waals surface area (Å²) in [5.74, 6) is 1.83. The maximum atomic E-state index is 8.67.